The highest BCUT2D eigenvalue weighted by Crippen LogP contribution is 2.29. The zero-order valence-electron chi connectivity index (χ0n) is 20.9. The first-order valence-corrected chi connectivity index (χ1v) is 11.8. The SMILES string of the molecule is Cc1nnc(-c2cnc(Nc3ccc4c(=O)n(C)n(C(C)C)c4n3)nc2N[C@H](CO)c2ccccc2)o1. The van der Waals surface area contributed by atoms with E-state index in [9.17, 15) is 9.90 Å². The molecule has 0 aliphatic carbocycles. The average Bonchev–Trinajstić information content (AvgIpc) is 3.43. The number of hydrogen-bond donors (Lipinski definition) is 3. The molecule has 0 spiro atoms. The maximum Gasteiger partial charge on any atom is 0.275 e. The summed E-state index contributed by atoms with van der Waals surface area (Å²) in [5.41, 5.74) is 1.82. The van der Waals surface area contributed by atoms with Crippen LogP contribution in [0.2, 0.25) is 0 Å². The van der Waals surface area contributed by atoms with E-state index in [4.69, 9.17) is 4.42 Å². The first kappa shape index (κ1) is 24.1. The van der Waals surface area contributed by atoms with Gasteiger partial charge in [-0.1, -0.05) is 30.3 Å². The highest BCUT2D eigenvalue weighted by molar-refractivity contribution is 5.77. The largest absolute Gasteiger partial charge is 0.421 e. The van der Waals surface area contributed by atoms with Crippen molar-refractivity contribution in [1.29, 1.82) is 0 Å². The lowest BCUT2D eigenvalue weighted by molar-refractivity contribution is 0.276. The lowest BCUT2D eigenvalue weighted by Crippen LogP contribution is -2.20. The Bertz CT molecular complexity index is 1610. The molecule has 1 aromatic carbocycles. The Morgan fingerprint density at radius 3 is 2.54 bits per heavy atom. The van der Waals surface area contributed by atoms with E-state index in [0.29, 0.717) is 34.1 Å². The Hall–Kier alpha value is -4.58. The number of aliphatic hydroxyl groups excluding tert-OH is 1. The van der Waals surface area contributed by atoms with Gasteiger partial charge in [-0.25, -0.2) is 9.97 Å². The van der Waals surface area contributed by atoms with Gasteiger partial charge in [0.1, 0.15) is 11.6 Å². The van der Waals surface area contributed by atoms with Gasteiger partial charge in [-0.3, -0.25) is 14.2 Å². The molecule has 0 saturated heterocycles. The molecular formula is C25H27N9O3. The second-order valence-electron chi connectivity index (χ2n) is 8.83. The molecule has 5 aromatic rings. The molecule has 0 radical (unpaired) electrons. The van der Waals surface area contributed by atoms with Crippen LogP contribution in [0.3, 0.4) is 0 Å². The predicted molar refractivity (Wildman–Crippen MR) is 139 cm³/mol. The Morgan fingerprint density at radius 2 is 1.86 bits per heavy atom. The van der Waals surface area contributed by atoms with Gasteiger partial charge in [0.25, 0.3) is 11.4 Å². The lowest BCUT2D eigenvalue weighted by atomic mass is 10.1. The summed E-state index contributed by atoms with van der Waals surface area (Å²) < 4.78 is 9.01. The number of rotatable bonds is 8. The Balaban J connectivity index is 1.53. The van der Waals surface area contributed by atoms with Crippen LogP contribution >= 0.6 is 0 Å². The molecule has 0 amide bonds. The van der Waals surface area contributed by atoms with Crippen molar-refractivity contribution in [2.24, 2.45) is 7.05 Å². The zero-order chi connectivity index (χ0) is 26.1. The number of fused-ring (bicyclic) bond motifs is 1. The van der Waals surface area contributed by atoms with E-state index in [1.54, 1.807) is 37.0 Å². The number of nitrogens with one attached hydrogen (secondary N) is 2. The maximum absolute atomic E-state index is 12.6. The van der Waals surface area contributed by atoms with Gasteiger partial charge >= 0.3 is 0 Å². The van der Waals surface area contributed by atoms with Gasteiger partial charge in [0.05, 0.1) is 23.6 Å². The second-order valence-corrected chi connectivity index (χ2v) is 8.83. The van der Waals surface area contributed by atoms with Crippen LogP contribution in [-0.2, 0) is 7.05 Å². The predicted octanol–water partition coefficient (Wildman–Crippen LogP) is 3.35. The molecule has 0 aliphatic heterocycles. The number of aliphatic hydroxyl groups is 1. The van der Waals surface area contributed by atoms with Crippen molar-refractivity contribution >= 4 is 28.6 Å². The summed E-state index contributed by atoms with van der Waals surface area (Å²) in [6.45, 7) is 5.51. The standard InChI is InChI=1S/C25H27N9O3/c1-14(2)34-22-17(24(36)33(34)4)10-11-20(28-22)29-25-26-12-18(23-32-31-15(3)37-23)21(30-25)27-19(13-35)16-8-6-5-7-9-16/h5-12,14,19,35H,13H2,1-4H3,(H2,26,27,28,29,30)/t19-/m1/s1. The first-order chi connectivity index (χ1) is 17.9. The highest BCUT2D eigenvalue weighted by atomic mass is 16.4. The van der Waals surface area contributed by atoms with Gasteiger partial charge in [0, 0.05) is 26.2 Å². The normalized spacial score (nSPS) is 12.3. The molecule has 3 N–H and O–H groups in total. The van der Waals surface area contributed by atoms with Gasteiger partial charge in [-0.05, 0) is 31.5 Å². The maximum atomic E-state index is 12.6. The smallest absolute Gasteiger partial charge is 0.275 e. The van der Waals surface area contributed by atoms with Crippen LogP contribution in [0.5, 0.6) is 0 Å². The minimum atomic E-state index is -0.439. The van der Waals surface area contributed by atoms with E-state index in [2.05, 4.69) is 35.8 Å². The van der Waals surface area contributed by atoms with E-state index in [-0.39, 0.29) is 30.0 Å². The quantitative estimate of drug-likeness (QED) is 0.289. The van der Waals surface area contributed by atoms with Crippen LogP contribution in [0.1, 0.15) is 37.4 Å². The molecule has 4 heterocycles. The average molecular weight is 502 g/mol. The fourth-order valence-corrected chi connectivity index (χ4v) is 4.18. The molecule has 0 fully saturated rings. The number of hydrogen-bond acceptors (Lipinski definition) is 10. The van der Waals surface area contributed by atoms with E-state index >= 15 is 0 Å². The van der Waals surface area contributed by atoms with Gasteiger partial charge in [-0.2, -0.15) is 4.98 Å². The molecule has 0 saturated carbocycles. The third kappa shape index (κ3) is 4.66. The summed E-state index contributed by atoms with van der Waals surface area (Å²) in [6, 6.07) is 12.6. The highest BCUT2D eigenvalue weighted by Gasteiger charge is 2.20. The third-order valence-electron chi connectivity index (χ3n) is 5.91. The molecule has 1 atom stereocenters. The Morgan fingerprint density at radius 1 is 1.08 bits per heavy atom. The van der Waals surface area contributed by atoms with Gasteiger partial charge in [0.15, 0.2) is 5.65 Å². The summed E-state index contributed by atoms with van der Waals surface area (Å²) in [6.07, 6.45) is 1.56. The van der Waals surface area contributed by atoms with Crippen LogP contribution < -0.4 is 16.2 Å². The summed E-state index contributed by atoms with van der Waals surface area (Å²) >= 11 is 0. The topological polar surface area (TPSA) is 149 Å². The van der Waals surface area contributed by atoms with E-state index in [0.717, 1.165) is 5.56 Å². The lowest BCUT2D eigenvalue weighted by Gasteiger charge is -2.19. The first-order valence-electron chi connectivity index (χ1n) is 11.8. The summed E-state index contributed by atoms with van der Waals surface area (Å²) in [5, 5.41) is 25.0. The molecule has 12 nitrogen and oxygen atoms in total. The van der Waals surface area contributed by atoms with Crippen LogP contribution in [0, 0.1) is 6.92 Å². The van der Waals surface area contributed by atoms with Gasteiger partial charge in [-0.15, -0.1) is 10.2 Å². The Kier molecular flexibility index (Phi) is 6.40. The van der Waals surface area contributed by atoms with Crippen molar-refractivity contribution in [3.05, 3.63) is 70.5 Å². The number of benzene rings is 1. The molecule has 4 aromatic heterocycles. The summed E-state index contributed by atoms with van der Waals surface area (Å²) in [7, 11) is 1.72. The summed E-state index contributed by atoms with van der Waals surface area (Å²) in [5.74, 6) is 1.78. The van der Waals surface area contributed by atoms with E-state index < -0.39 is 6.04 Å². The summed E-state index contributed by atoms with van der Waals surface area (Å²) in [4.78, 5) is 26.3. The van der Waals surface area contributed by atoms with Crippen molar-refractivity contribution in [3.8, 4) is 11.5 Å². The van der Waals surface area contributed by atoms with E-state index in [1.165, 1.54) is 0 Å². The molecule has 0 unspecified atom stereocenters. The van der Waals surface area contributed by atoms with Crippen LogP contribution in [-0.4, -0.2) is 46.2 Å². The zero-order valence-corrected chi connectivity index (χ0v) is 20.9. The van der Waals surface area contributed by atoms with Crippen LogP contribution in [0.4, 0.5) is 17.6 Å². The molecule has 12 heteroatoms. The fraction of sp³-hybridized carbons (Fsp3) is 0.280. The monoisotopic (exact) mass is 501 g/mol. The minimum absolute atomic E-state index is 0.0375. The van der Waals surface area contributed by atoms with Crippen molar-refractivity contribution < 1.29 is 9.52 Å². The molecule has 0 aliphatic rings. The molecule has 0 bridgehead atoms. The molecule has 37 heavy (non-hydrogen) atoms. The minimum Gasteiger partial charge on any atom is -0.421 e. The Labute approximate surface area is 212 Å². The number of nitrogens with zero attached hydrogens (tertiary/aromatic N) is 7. The second kappa shape index (κ2) is 9.82. The van der Waals surface area contributed by atoms with Crippen LogP contribution in [0.25, 0.3) is 22.5 Å². The van der Waals surface area contributed by atoms with Gasteiger partial charge in [0.2, 0.25) is 11.8 Å². The van der Waals surface area contributed by atoms with E-state index in [1.807, 2.05) is 48.9 Å². The number of pyridine rings is 1. The van der Waals surface area contributed by atoms with Crippen molar-refractivity contribution in [3.63, 3.8) is 0 Å². The van der Waals surface area contributed by atoms with Gasteiger partial charge < -0.3 is 20.2 Å². The number of aryl methyl sites for hydroxylation is 1. The van der Waals surface area contributed by atoms with Crippen molar-refractivity contribution in [2.45, 2.75) is 32.9 Å². The molecule has 190 valence electrons. The molecular weight excluding hydrogens is 474 g/mol. The van der Waals surface area contributed by atoms with Crippen LogP contribution in [0.15, 0.2) is 57.9 Å². The van der Waals surface area contributed by atoms with Crippen molar-refractivity contribution in [2.75, 3.05) is 17.2 Å². The third-order valence-corrected chi connectivity index (χ3v) is 5.91. The number of anilines is 3. The number of aromatic nitrogens is 7. The molecule has 5 rings (SSSR count). The fourth-order valence-electron chi connectivity index (χ4n) is 4.18. The van der Waals surface area contributed by atoms with Crippen molar-refractivity contribution in [1.82, 2.24) is 34.5 Å².